The molecular formula is C19H12ClFN2O3S. The van der Waals surface area contributed by atoms with Crippen molar-refractivity contribution in [1.82, 2.24) is 9.38 Å². The molecular weight excluding hydrogens is 391 g/mol. The highest BCUT2D eigenvalue weighted by atomic mass is 35.5. The average molecular weight is 403 g/mol. The molecule has 27 heavy (non-hydrogen) atoms. The van der Waals surface area contributed by atoms with Crippen molar-refractivity contribution in [3.63, 3.8) is 0 Å². The molecule has 2 heterocycles. The Balaban J connectivity index is 1.80. The summed E-state index contributed by atoms with van der Waals surface area (Å²) in [4.78, 5) is 17.7. The first-order chi connectivity index (χ1) is 13.0. The number of fused-ring (bicyclic) bond motifs is 1. The van der Waals surface area contributed by atoms with Gasteiger partial charge in [0.25, 0.3) is 5.56 Å². The normalized spacial score (nSPS) is 12.0. The molecule has 0 spiro atoms. The van der Waals surface area contributed by atoms with Crippen LogP contribution in [0.4, 0.5) is 4.39 Å². The maximum Gasteiger partial charge on any atom is 0.274 e. The molecule has 0 amide bonds. The first-order valence-electron chi connectivity index (χ1n) is 7.82. The Labute approximate surface area is 161 Å². The van der Waals surface area contributed by atoms with E-state index in [1.54, 1.807) is 18.3 Å². The fraction of sp³-hybridized carbons (Fsp3) is 0.0526. The van der Waals surface area contributed by atoms with Gasteiger partial charge in [-0.2, -0.15) is 0 Å². The van der Waals surface area contributed by atoms with Crippen LogP contribution in [-0.4, -0.2) is 21.6 Å². The predicted octanol–water partition coefficient (Wildman–Crippen LogP) is 3.48. The molecule has 0 saturated carbocycles. The van der Waals surface area contributed by atoms with Gasteiger partial charge in [0.15, 0.2) is 22.3 Å². The summed E-state index contributed by atoms with van der Waals surface area (Å²) in [6.07, 6.45) is 3.20. The van der Waals surface area contributed by atoms with Crippen molar-refractivity contribution in [2.75, 3.05) is 7.11 Å². The fourth-order valence-electron chi connectivity index (χ4n) is 2.68. The molecule has 2 aromatic carbocycles. The third kappa shape index (κ3) is 3.15. The Morgan fingerprint density at radius 1 is 1.30 bits per heavy atom. The third-order valence-corrected chi connectivity index (χ3v) is 5.25. The molecule has 0 aliphatic rings. The number of phenolic OH excluding ortho intramolecular Hbond substituents is 1. The summed E-state index contributed by atoms with van der Waals surface area (Å²) in [7, 11) is 1.33. The maximum atomic E-state index is 13.8. The summed E-state index contributed by atoms with van der Waals surface area (Å²) in [5.41, 5.74) is 1.67. The third-order valence-electron chi connectivity index (χ3n) is 4.01. The summed E-state index contributed by atoms with van der Waals surface area (Å²) in [6.45, 7) is 0. The quantitative estimate of drug-likeness (QED) is 0.570. The fourth-order valence-corrected chi connectivity index (χ4v) is 3.76. The van der Waals surface area contributed by atoms with Crippen LogP contribution in [0.2, 0.25) is 5.02 Å². The zero-order valence-corrected chi connectivity index (χ0v) is 15.5. The van der Waals surface area contributed by atoms with E-state index in [4.69, 9.17) is 16.3 Å². The van der Waals surface area contributed by atoms with E-state index in [2.05, 4.69) is 4.98 Å². The van der Waals surface area contributed by atoms with E-state index in [1.807, 2.05) is 12.1 Å². The van der Waals surface area contributed by atoms with Gasteiger partial charge in [0.2, 0.25) is 0 Å². The molecule has 0 saturated heterocycles. The van der Waals surface area contributed by atoms with Crippen LogP contribution in [0.25, 0.3) is 22.3 Å². The largest absolute Gasteiger partial charge is 0.502 e. The topological polar surface area (TPSA) is 63.8 Å². The molecule has 0 bridgehead atoms. The number of phenols is 1. The van der Waals surface area contributed by atoms with Gasteiger partial charge in [-0.1, -0.05) is 35.1 Å². The molecule has 5 nitrogen and oxygen atoms in total. The first kappa shape index (κ1) is 17.5. The minimum atomic E-state index is -0.820. The lowest BCUT2D eigenvalue weighted by molar-refractivity contribution is 0.357. The van der Waals surface area contributed by atoms with Gasteiger partial charge in [-0.25, -0.2) is 9.37 Å². The summed E-state index contributed by atoms with van der Waals surface area (Å²) in [6, 6.07) is 9.77. The van der Waals surface area contributed by atoms with Gasteiger partial charge in [0.05, 0.1) is 17.3 Å². The van der Waals surface area contributed by atoms with E-state index in [9.17, 15) is 14.3 Å². The van der Waals surface area contributed by atoms with Crippen LogP contribution in [0.15, 0.2) is 47.4 Å². The molecule has 0 aliphatic carbocycles. The summed E-state index contributed by atoms with van der Waals surface area (Å²) in [5, 5.41) is 10.2. The Bertz CT molecular complexity index is 1270. The highest BCUT2D eigenvalue weighted by Crippen LogP contribution is 2.30. The lowest BCUT2D eigenvalue weighted by atomic mass is 10.2. The first-order valence-corrected chi connectivity index (χ1v) is 9.02. The Hall–Kier alpha value is -2.90. The molecule has 4 aromatic rings. The molecule has 0 radical (unpaired) electrons. The van der Waals surface area contributed by atoms with Gasteiger partial charge in [0.1, 0.15) is 0 Å². The second-order valence-corrected chi connectivity index (χ2v) is 7.20. The zero-order valence-electron chi connectivity index (χ0n) is 13.9. The minimum Gasteiger partial charge on any atom is -0.502 e. The van der Waals surface area contributed by atoms with Gasteiger partial charge in [-0.3, -0.25) is 9.20 Å². The van der Waals surface area contributed by atoms with Gasteiger partial charge in [-0.05, 0) is 35.9 Å². The van der Waals surface area contributed by atoms with Gasteiger partial charge in [0, 0.05) is 16.8 Å². The smallest absolute Gasteiger partial charge is 0.274 e. The van der Waals surface area contributed by atoms with Crippen molar-refractivity contribution in [3.8, 4) is 22.8 Å². The number of thiazole rings is 1. The van der Waals surface area contributed by atoms with Gasteiger partial charge < -0.3 is 9.84 Å². The molecule has 0 unspecified atom stereocenters. The average Bonchev–Trinajstić information content (AvgIpc) is 3.18. The number of ether oxygens (including phenoxy) is 1. The van der Waals surface area contributed by atoms with Crippen LogP contribution in [0, 0.1) is 5.82 Å². The Morgan fingerprint density at radius 3 is 2.70 bits per heavy atom. The van der Waals surface area contributed by atoms with E-state index in [-0.39, 0.29) is 11.3 Å². The SMILES string of the molecule is COc1cc(C=c2sc3nc(-c4ccc(Cl)cc4)cn3c2=O)cc(F)c1O. The Kier molecular flexibility index (Phi) is 4.33. The number of methoxy groups -OCH3 is 1. The maximum absolute atomic E-state index is 13.8. The van der Waals surface area contributed by atoms with Crippen molar-refractivity contribution < 1.29 is 14.2 Å². The molecule has 1 N–H and O–H groups in total. The summed E-state index contributed by atoms with van der Waals surface area (Å²) >= 11 is 7.09. The highest BCUT2D eigenvalue weighted by molar-refractivity contribution is 7.15. The second-order valence-electron chi connectivity index (χ2n) is 5.76. The highest BCUT2D eigenvalue weighted by Gasteiger charge is 2.12. The summed E-state index contributed by atoms with van der Waals surface area (Å²) in [5.74, 6) is -1.38. The van der Waals surface area contributed by atoms with Crippen LogP contribution in [0.1, 0.15) is 5.56 Å². The number of aromatic nitrogens is 2. The lowest BCUT2D eigenvalue weighted by Gasteiger charge is -2.04. The number of aromatic hydroxyl groups is 1. The molecule has 4 rings (SSSR count). The van der Waals surface area contributed by atoms with Gasteiger partial charge >= 0.3 is 0 Å². The minimum absolute atomic E-state index is 0.0000530. The van der Waals surface area contributed by atoms with E-state index < -0.39 is 11.6 Å². The lowest BCUT2D eigenvalue weighted by Crippen LogP contribution is -2.22. The van der Waals surface area contributed by atoms with Crippen LogP contribution >= 0.6 is 22.9 Å². The summed E-state index contributed by atoms with van der Waals surface area (Å²) < 4.78 is 20.6. The monoisotopic (exact) mass is 402 g/mol. The second kappa shape index (κ2) is 6.68. The molecule has 0 atom stereocenters. The van der Waals surface area contributed by atoms with Crippen molar-refractivity contribution >= 4 is 34.0 Å². The number of halogens is 2. The van der Waals surface area contributed by atoms with E-state index in [0.717, 1.165) is 11.6 Å². The van der Waals surface area contributed by atoms with Crippen LogP contribution in [0.5, 0.6) is 11.5 Å². The number of rotatable bonds is 3. The van der Waals surface area contributed by atoms with Crippen LogP contribution in [0.3, 0.4) is 0 Å². The van der Waals surface area contributed by atoms with Crippen molar-refractivity contribution in [1.29, 1.82) is 0 Å². The standard InChI is InChI=1S/C19H12ClFN2O3S/c1-26-15-7-10(6-13(21)17(15)24)8-16-18(25)23-9-14(22-19(23)27-16)11-2-4-12(20)5-3-11/h2-9,24H,1H3. The van der Waals surface area contributed by atoms with Crippen molar-refractivity contribution in [2.45, 2.75) is 0 Å². The van der Waals surface area contributed by atoms with Crippen molar-refractivity contribution in [2.24, 2.45) is 0 Å². The zero-order chi connectivity index (χ0) is 19.1. The van der Waals surface area contributed by atoms with Gasteiger partial charge in [-0.15, -0.1) is 0 Å². The molecule has 0 aliphatic heterocycles. The number of imidazole rings is 1. The van der Waals surface area contributed by atoms with Crippen LogP contribution in [-0.2, 0) is 0 Å². The number of hydrogen-bond donors (Lipinski definition) is 1. The predicted molar refractivity (Wildman–Crippen MR) is 103 cm³/mol. The molecule has 136 valence electrons. The van der Waals surface area contributed by atoms with Crippen molar-refractivity contribution in [3.05, 3.63) is 73.9 Å². The number of benzene rings is 2. The number of nitrogens with zero attached hydrogens (tertiary/aromatic N) is 2. The van der Waals surface area contributed by atoms with Crippen LogP contribution < -0.4 is 14.8 Å². The molecule has 0 fully saturated rings. The van der Waals surface area contributed by atoms with E-state index in [0.29, 0.717) is 25.8 Å². The Morgan fingerprint density at radius 2 is 2.04 bits per heavy atom. The molecule has 8 heteroatoms. The molecule has 2 aromatic heterocycles. The van der Waals surface area contributed by atoms with E-state index >= 15 is 0 Å². The van der Waals surface area contributed by atoms with E-state index in [1.165, 1.54) is 35.0 Å². The number of hydrogen-bond acceptors (Lipinski definition) is 5.